The lowest BCUT2D eigenvalue weighted by atomic mass is 9.95. The average molecular weight is 346 g/mol. The first-order valence-corrected chi connectivity index (χ1v) is 6.60. The first-order chi connectivity index (χ1) is 7.50. The van der Waals surface area contributed by atoms with Crippen molar-refractivity contribution in [1.82, 2.24) is 4.98 Å². The fourth-order valence-electron chi connectivity index (χ4n) is 1.43. The van der Waals surface area contributed by atoms with E-state index in [2.05, 4.69) is 27.6 Å². The molecule has 1 unspecified atom stereocenters. The number of anilines is 1. The highest BCUT2D eigenvalue weighted by atomic mass is 127. The molecule has 0 saturated carbocycles. The molecule has 1 aromatic heterocycles. The molecule has 0 aliphatic carbocycles. The van der Waals surface area contributed by atoms with E-state index in [1.54, 1.807) is 13.1 Å². The standard InChI is InChI=1S/C11H11IN2OS/c1-11(15,9-6-14-10(13)16-9)7-2-4-8(12)5-3-7/h2-6,15H,1H3,(H2,13,14). The zero-order chi connectivity index (χ0) is 11.8. The number of rotatable bonds is 2. The van der Waals surface area contributed by atoms with E-state index in [0.717, 1.165) is 14.0 Å². The zero-order valence-electron chi connectivity index (χ0n) is 8.64. The minimum Gasteiger partial charge on any atom is -0.380 e. The maximum absolute atomic E-state index is 10.5. The Morgan fingerprint density at radius 3 is 2.50 bits per heavy atom. The van der Waals surface area contributed by atoms with Gasteiger partial charge in [-0.15, -0.1) is 0 Å². The smallest absolute Gasteiger partial charge is 0.180 e. The third kappa shape index (κ3) is 2.21. The Bertz CT molecular complexity index is 493. The number of nitrogen functional groups attached to an aromatic ring is 1. The van der Waals surface area contributed by atoms with Gasteiger partial charge in [0.15, 0.2) is 5.13 Å². The largest absolute Gasteiger partial charge is 0.380 e. The molecule has 0 aliphatic heterocycles. The quantitative estimate of drug-likeness (QED) is 0.822. The van der Waals surface area contributed by atoms with Crippen LogP contribution in [0.25, 0.3) is 0 Å². The van der Waals surface area contributed by atoms with Gasteiger partial charge in [-0.05, 0) is 47.2 Å². The molecular weight excluding hydrogens is 335 g/mol. The van der Waals surface area contributed by atoms with Crippen molar-refractivity contribution in [1.29, 1.82) is 0 Å². The van der Waals surface area contributed by atoms with Gasteiger partial charge < -0.3 is 10.8 Å². The van der Waals surface area contributed by atoms with Gasteiger partial charge >= 0.3 is 0 Å². The Kier molecular flexibility index (Phi) is 3.18. The van der Waals surface area contributed by atoms with Crippen LogP contribution in [0.2, 0.25) is 0 Å². The van der Waals surface area contributed by atoms with E-state index in [4.69, 9.17) is 5.73 Å². The molecule has 0 saturated heterocycles. The average Bonchev–Trinajstić information content (AvgIpc) is 2.66. The van der Waals surface area contributed by atoms with Gasteiger partial charge in [0.25, 0.3) is 0 Å². The number of thiazole rings is 1. The van der Waals surface area contributed by atoms with Crippen LogP contribution in [0.5, 0.6) is 0 Å². The number of aliphatic hydroxyl groups is 1. The molecule has 3 nitrogen and oxygen atoms in total. The summed E-state index contributed by atoms with van der Waals surface area (Å²) in [6.07, 6.45) is 1.62. The summed E-state index contributed by atoms with van der Waals surface area (Å²) in [6, 6.07) is 7.76. The second kappa shape index (κ2) is 4.31. The highest BCUT2D eigenvalue weighted by Gasteiger charge is 2.27. The van der Waals surface area contributed by atoms with E-state index in [-0.39, 0.29) is 0 Å². The molecule has 1 heterocycles. The maximum atomic E-state index is 10.5. The SMILES string of the molecule is CC(O)(c1ccc(I)cc1)c1cnc(N)s1. The molecule has 0 spiro atoms. The molecule has 5 heteroatoms. The lowest BCUT2D eigenvalue weighted by Crippen LogP contribution is -2.21. The molecule has 16 heavy (non-hydrogen) atoms. The van der Waals surface area contributed by atoms with Gasteiger partial charge in [-0.2, -0.15) is 0 Å². The van der Waals surface area contributed by atoms with Crippen molar-refractivity contribution in [3.8, 4) is 0 Å². The number of hydrogen-bond donors (Lipinski definition) is 2. The summed E-state index contributed by atoms with van der Waals surface area (Å²) in [5, 5.41) is 10.9. The predicted molar refractivity (Wildman–Crippen MR) is 74.4 cm³/mol. The third-order valence-electron chi connectivity index (χ3n) is 2.41. The summed E-state index contributed by atoms with van der Waals surface area (Å²) in [4.78, 5) is 4.72. The Morgan fingerprint density at radius 2 is 2.00 bits per heavy atom. The monoisotopic (exact) mass is 346 g/mol. The van der Waals surface area contributed by atoms with Crippen molar-refractivity contribution in [3.05, 3.63) is 44.5 Å². The summed E-state index contributed by atoms with van der Waals surface area (Å²) in [7, 11) is 0. The second-order valence-corrected chi connectivity index (χ2v) is 5.95. The number of hydrogen-bond acceptors (Lipinski definition) is 4. The minimum absolute atomic E-state index is 0.473. The van der Waals surface area contributed by atoms with Gasteiger partial charge in [-0.3, -0.25) is 0 Å². The number of benzene rings is 1. The maximum Gasteiger partial charge on any atom is 0.180 e. The fraction of sp³-hybridized carbons (Fsp3) is 0.182. The van der Waals surface area contributed by atoms with Gasteiger partial charge in [0.1, 0.15) is 5.60 Å². The highest BCUT2D eigenvalue weighted by Crippen LogP contribution is 2.33. The third-order valence-corrected chi connectivity index (χ3v) is 4.17. The molecular formula is C11H11IN2OS. The summed E-state index contributed by atoms with van der Waals surface area (Å²) < 4.78 is 1.14. The summed E-state index contributed by atoms with van der Waals surface area (Å²) in [5.74, 6) is 0. The molecule has 1 atom stereocenters. The van der Waals surface area contributed by atoms with Gasteiger partial charge in [0.2, 0.25) is 0 Å². The van der Waals surface area contributed by atoms with Crippen LogP contribution in [0.4, 0.5) is 5.13 Å². The normalized spacial score (nSPS) is 14.7. The lowest BCUT2D eigenvalue weighted by molar-refractivity contribution is 0.106. The van der Waals surface area contributed by atoms with E-state index in [0.29, 0.717) is 5.13 Å². The van der Waals surface area contributed by atoms with Crippen LogP contribution in [-0.2, 0) is 5.60 Å². The van der Waals surface area contributed by atoms with Crippen LogP contribution >= 0.6 is 33.9 Å². The van der Waals surface area contributed by atoms with E-state index in [1.807, 2.05) is 24.3 Å². The Balaban J connectivity index is 2.42. The minimum atomic E-state index is -1.03. The first-order valence-electron chi connectivity index (χ1n) is 4.70. The Hall–Kier alpha value is -0.660. The Labute approximate surface area is 111 Å². The number of nitrogens with zero attached hydrogens (tertiary/aromatic N) is 1. The van der Waals surface area contributed by atoms with Crippen molar-refractivity contribution >= 4 is 39.1 Å². The van der Waals surface area contributed by atoms with Crippen LogP contribution in [-0.4, -0.2) is 10.1 Å². The first kappa shape index (κ1) is 11.8. The van der Waals surface area contributed by atoms with Crippen LogP contribution < -0.4 is 5.73 Å². The van der Waals surface area contributed by atoms with Crippen LogP contribution in [0.1, 0.15) is 17.4 Å². The van der Waals surface area contributed by atoms with Gasteiger partial charge in [0, 0.05) is 9.77 Å². The molecule has 0 aliphatic rings. The molecule has 2 rings (SSSR count). The van der Waals surface area contributed by atoms with Crippen molar-refractivity contribution < 1.29 is 5.11 Å². The highest BCUT2D eigenvalue weighted by molar-refractivity contribution is 14.1. The second-order valence-electron chi connectivity index (χ2n) is 3.64. The summed E-state index contributed by atoms with van der Waals surface area (Å²) in [5.41, 5.74) is 5.39. The van der Waals surface area contributed by atoms with E-state index in [1.165, 1.54) is 11.3 Å². The molecule has 0 radical (unpaired) electrons. The van der Waals surface area contributed by atoms with E-state index >= 15 is 0 Å². The molecule has 0 fully saturated rings. The van der Waals surface area contributed by atoms with Gasteiger partial charge in [0.05, 0.1) is 4.88 Å². The number of nitrogens with two attached hydrogens (primary N) is 1. The van der Waals surface area contributed by atoms with Crippen molar-refractivity contribution in [2.24, 2.45) is 0 Å². The fourth-order valence-corrected chi connectivity index (χ4v) is 2.54. The predicted octanol–water partition coefficient (Wildman–Crippen LogP) is 2.59. The molecule has 1 aromatic carbocycles. The molecule has 2 aromatic rings. The van der Waals surface area contributed by atoms with E-state index in [9.17, 15) is 5.11 Å². The van der Waals surface area contributed by atoms with E-state index < -0.39 is 5.60 Å². The van der Waals surface area contributed by atoms with Crippen LogP contribution in [0.3, 0.4) is 0 Å². The molecule has 0 bridgehead atoms. The number of aromatic nitrogens is 1. The molecule has 0 amide bonds. The topological polar surface area (TPSA) is 59.1 Å². The molecule has 84 valence electrons. The van der Waals surface area contributed by atoms with Gasteiger partial charge in [-0.25, -0.2) is 4.98 Å². The summed E-state index contributed by atoms with van der Waals surface area (Å²) in [6.45, 7) is 1.75. The molecule has 3 N–H and O–H groups in total. The lowest BCUT2D eigenvalue weighted by Gasteiger charge is -2.21. The van der Waals surface area contributed by atoms with Crippen LogP contribution in [0.15, 0.2) is 30.5 Å². The van der Waals surface area contributed by atoms with Crippen molar-refractivity contribution in [2.45, 2.75) is 12.5 Å². The summed E-state index contributed by atoms with van der Waals surface area (Å²) >= 11 is 3.54. The van der Waals surface area contributed by atoms with Crippen molar-refractivity contribution in [2.75, 3.05) is 5.73 Å². The Morgan fingerprint density at radius 1 is 1.38 bits per heavy atom. The zero-order valence-corrected chi connectivity index (χ0v) is 11.6. The van der Waals surface area contributed by atoms with Gasteiger partial charge in [-0.1, -0.05) is 23.5 Å². The number of halogens is 1. The van der Waals surface area contributed by atoms with Crippen LogP contribution in [0, 0.1) is 3.57 Å². The van der Waals surface area contributed by atoms with Crippen molar-refractivity contribution in [3.63, 3.8) is 0 Å².